The van der Waals surface area contributed by atoms with E-state index in [1.807, 2.05) is 0 Å². The van der Waals surface area contributed by atoms with Crippen LogP contribution in [0.15, 0.2) is 55.1 Å². The summed E-state index contributed by atoms with van der Waals surface area (Å²) < 4.78 is 63.7. The molecule has 2 aliphatic carbocycles. The van der Waals surface area contributed by atoms with E-state index in [9.17, 15) is 27.2 Å². The Morgan fingerprint density at radius 2 is 1.74 bits per heavy atom. The van der Waals surface area contributed by atoms with Crippen LogP contribution in [0.2, 0.25) is 0 Å². The van der Waals surface area contributed by atoms with E-state index in [1.54, 1.807) is 16.8 Å². The number of pyridine rings is 2. The highest BCUT2D eigenvalue weighted by molar-refractivity contribution is 6.09. The molecule has 15 heteroatoms. The number of amides is 2. The fourth-order valence-corrected chi connectivity index (χ4v) is 6.20. The fraction of sp³-hybridized carbons (Fsp3) is 0.281. The molecule has 4 aromatic heterocycles. The minimum atomic E-state index is -4.24. The number of hydrogen-bond acceptors (Lipinski definition) is 8. The van der Waals surface area contributed by atoms with Crippen molar-refractivity contribution in [3.05, 3.63) is 89.5 Å². The number of fused-ring (bicyclic) bond motifs is 2. The average Bonchev–Trinajstić information content (AvgIpc) is 3.98. The molecule has 0 atom stereocenters. The smallest absolute Gasteiger partial charge is 0.423 e. The van der Waals surface area contributed by atoms with Crippen LogP contribution in [-0.2, 0) is 23.3 Å². The predicted octanol–water partition coefficient (Wildman–Crippen LogP) is 4.67. The van der Waals surface area contributed by atoms with Gasteiger partial charge in [0.1, 0.15) is 17.2 Å². The summed E-state index contributed by atoms with van der Waals surface area (Å²) >= 11 is 0. The van der Waals surface area contributed by atoms with Gasteiger partial charge in [-0.25, -0.2) is 28.4 Å². The standard InChI is InChI=1S/C32H24F4N8O3/c33-18-4-6-24(38-11-18)31(7-8-31)44-29-20(14-41-44)26(27(28(37)45)21(42-29)9-16-1-2-16)17-3-5-22-23(10-17)47-32(35,36)30(46)43(22)15-25-39-12-19(34)13-40-25/h3-6,10-14,16H,1-2,7-9,15H2,(H2,37,45). The molecule has 8 rings (SSSR count). The van der Waals surface area contributed by atoms with Crippen molar-refractivity contribution in [1.29, 1.82) is 0 Å². The Morgan fingerprint density at radius 3 is 2.40 bits per heavy atom. The quantitative estimate of drug-likeness (QED) is 0.240. The van der Waals surface area contributed by atoms with E-state index in [-0.39, 0.29) is 22.8 Å². The lowest BCUT2D eigenvalue weighted by Gasteiger charge is -2.33. The van der Waals surface area contributed by atoms with E-state index in [1.165, 1.54) is 24.4 Å². The summed E-state index contributed by atoms with van der Waals surface area (Å²) in [6, 6.07) is 7.21. The number of carbonyl (C=O) groups is 2. The second kappa shape index (κ2) is 10.3. The number of halogens is 4. The zero-order valence-corrected chi connectivity index (χ0v) is 24.5. The van der Waals surface area contributed by atoms with Crippen LogP contribution in [0.3, 0.4) is 0 Å². The third-order valence-corrected chi connectivity index (χ3v) is 8.80. The van der Waals surface area contributed by atoms with Gasteiger partial charge in [0.05, 0.1) is 54.0 Å². The number of anilines is 1. The predicted molar refractivity (Wildman–Crippen MR) is 157 cm³/mol. The molecule has 0 saturated heterocycles. The summed E-state index contributed by atoms with van der Waals surface area (Å²) in [6.45, 7) is -0.478. The average molecular weight is 645 g/mol. The largest absolute Gasteiger partial charge is 0.482 e. The molecule has 3 aliphatic rings. The van der Waals surface area contributed by atoms with Crippen molar-refractivity contribution in [3.8, 4) is 16.9 Å². The number of benzene rings is 1. The molecule has 11 nitrogen and oxygen atoms in total. The Morgan fingerprint density at radius 1 is 1.00 bits per heavy atom. The van der Waals surface area contributed by atoms with Gasteiger partial charge in [-0.3, -0.25) is 19.5 Å². The SMILES string of the molecule is NC(=O)c1c(CC2CC2)nc2c(cnn2C2(c3ccc(F)cn3)CC2)c1-c1ccc2c(c1)OC(F)(F)C(=O)N2Cc1ncc(F)cn1. The number of carbonyl (C=O) groups excluding carboxylic acids is 2. The van der Waals surface area contributed by atoms with Gasteiger partial charge in [-0.05, 0) is 67.9 Å². The van der Waals surface area contributed by atoms with Crippen molar-refractivity contribution < 1.29 is 31.9 Å². The number of rotatable bonds is 8. The van der Waals surface area contributed by atoms with Gasteiger partial charge < -0.3 is 10.5 Å². The lowest BCUT2D eigenvalue weighted by Crippen LogP contribution is -2.50. The molecular formula is C32H24F4N8O3. The number of nitrogens with two attached hydrogens (primary N) is 1. The maximum atomic E-state index is 15.0. The van der Waals surface area contributed by atoms with Crippen LogP contribution in [0.25, 0.3) is 22.2 Å². The molecule has 0 spiro atoms. The highest BCUT2D eigenvalue weighted by atomic mass is 19.3. The van der Waals surface area contributed by atoms with Gasteiger partial charge in [0, 0.05) is 10.9 Å². The fourth-order valence-electron chi connectivity index (χ4n) is 6.20. The zero-order valence-electron chi connectivity index (χ0n) is 24.5. The number of hydrogen-bond donors (Lipinski definition) is 1. The minimum Gasteiger partial charge on any atom is -0.423 e. The molecule has 2 saturated carbocycles. The summed E-state index contributed by atoms with van der Waals surface area (Å²) in [7, 11) is 0. The van der Waals surface area contributed by atoms with Crippen molar-refractivity contribution in [2.24, 2.45) is 11.7 Å². The van der Waals surface area contributed by atoms with Gasteiger partial charge in [-0.2, -0.15) is 13.9 Å². The van der Waals surface area contributed by atoms with Crippen molar-refractivity contribution in [2.45, 2.75) is 50.3 Å². The van der Waals surface area contributed by atoms with Gasteiger partial charge in [0.25, 0.3) is 5.91 Å². The third-order valence-electron chi connectivity index (χ3n) is 8.80. The van der Waals surface area contributed by atoms with E-state index < -0.39 is 41.6 Å². The maximum absolute atomic E-state index is 15.0. The number of alkyl halides is 2. The third kappa shape index (κ3) is 4.84. The lowest BCUT2D eigenvalue weighted by molar-refractivity contribution is -0.193. The summed E-state index contributed by atoms with van der Waals surface area (Å²) in [5.74, 6) is -3.72. The summed E-state index contributed by atoms with van der Waals surface area (Å²) in [5.41, 5.74) is 7.52. The topological polar surface area (TPSA) is 142 Å². The second-order valence-corrected chi connectivity index (χ2v) is 12.0. The summed E-state index contributed by atoms with van der Waals surface area (Å²) in [5, 5.41) is 5.09. The first-order valence-electron chi connectivity index (χ1n) is 14.9. The van der Waals surface area contributed by atoms with Crippen LogP contribution in [-0.4, -0.2) is 47.6 Å². The molecule has 1 aromatic carbocycles. The lowest BCUT2D eigenvalue weighted by atomic mass is 9.93. The van der Waals surface area contributed by atoms with Gasteiger partial charge >= 0.3 is 12.0 Å². The van der Waals surface area contributed by atoms with Gasteiger partial charge in [-0.1, -0.05) is 6.07 Å². The Kier molecular flexibility index (Phi) is 6.33. The second-order valence-electron chi connectivity index (χ2n) is 12.0. The molecule has 2 fully saturated rings. The molecule has 0 bridgehead atoms. The van der Waals surface area contributed by atoms with Crippen LogP contribution in [0.1, 0.15) is 53.3 Å². The first kappa shape index (κ1) is 29.0. The van der Waals surface area contributed by atoms with Crippen molar-refractivity contribution >= 4 is 28.5 Å². The van der Waals surface area contributed by atoms with E-state index in [4.69, 9.17) is 15.5 Å². The van der Waals surface area contributed by atoms with Crippen LogP contribution in [0.5, 0.6) is 5.75 Å². The maximum Gasteiger partial charge on any atom is 0.482 e. The van der Waals surface area contributed by atoms with Gasteiger partial charge in [0.2, 0.25) is 0 Å². The molecule has 2 N–H and O–H groups in total. The minimum absolute atomic E-state index is 0.00302. The summed E-state index contributed by atoms with van der Waals surface area (Å²) in [4.78, 5) is 43.4. The van der Waals surface area contributed by atoms with E-state index in [0.29, 0.717) is 58.7 Å². The Hall–Kier alpha value is -5.47. The molecule has 1 aliphatic heterocycles. The molecule has 5 aromatic rings. The van der Waals surface area contributed by atoms with Crippen LogP contribution in [0, 0.1) is 17.6 Å². The van der Waals surface area contributed by atoms with Crippen LogP contribution >= 0.6 is 0 Å². The molecular weight excluding hydrogens is 620 g/mol. The van der Waals surface area contributed by atoms with Crippen molar-refractivity contribution in [1.82, 2.24) is 29.7 Å². The van der Waals surface area contributed by atoms with E-state index >= 15 is 0 Å². The van der Waals surface area contributed by atoms with Gasteiger partial charge in [0.15, 0.2) is 17.2 Å². The number of ether oxygens (including phenoxy) is 1. The molecule has 0 unspecified atom stereocenters. The molecule has 2 amide bonds. The van der Waals surface area contributed by atoms with E-state index in [2.05, 4.69) is 20.1 Å². The number of aromatic nitrogens is 6. The first-order chi connectivity index (χ1) is 22.5. The van der Waals surface area contributed by atoms with Crippen LogP contribution < -0.4 is 15.4 Å². The van der Waals surface area contributed by atoms with Crippen LogP contribution in [0.4, 0.5) is 23.2 Å². The molecule has 47 heavy (non-hydrogen) atoms. The number of nitrogens with zero attached hydrogens (tertiary/aromatic N) is 7. The molecule has 0 radical (unpaired) electrons. The molecule has 5 heterocycles. The monoisotopic (exact) mass is 644 g/mol. The highest BCUT2D eigenvalue weighted by Crippen LogP contribution is 2.51. The summed E-state index contributed by atoms with van der Waals surface area (Å²) in [6.07, 6.45) is 3.88. The van der Waals surface area contributed by atoms with Crippen molar-refractivity contribution in [2.75, 3.05) is 4.90 Å². The Labute approximate surface area is 263 Å². The normalized spacial score (nSPS) is 17.8. The van der Waals surface area contributed by atoms with E-state index in [0.717, 1.165) is 36.3 Å². The first-order valence-corrected chi connectivity index (χ1v) is 14.9. The number of primary amides is 1. The van der Waals surface area contributed by atoms with Gasteiger partial charge in [-0.15, -0.1) is 0 Å². The Bertz CT molecular complexity index is 2090. The molecule has 238 valence electrons. The Balaban J connectivity index is 1.30. The zero-order chi connectivity index (χ0) is 32.7. The highest BCUT2D eigenvalue weighted by Gasteiger charge is 2.52. The van der Waals surface area contributed by atoms with Crippen molar-refractivity contribution in [3.63, 3.8) is 0 Å².